The third-order valence-electron chi connectivity index (χ3n) is 5.81. The summed E-state index contributed by atoms with van der Waals surface area (Å²) in [4.78, 5) is 24.1. The van der Waals surface area contributed by atoms with E-state index >= 15 is 4.39 Å². The third-order valence-corrected chi connectivity index (χ3v) is 8.60. The highest BCUT2D eigenvalue weighted by Gasteiger charge is 2.50. The van der Waals surface area contributed by atoms with Crippen molar-refractivity contribution >= 4 is 21.7 Å². The fraction of sp³-hybridized carbons (Fsp3) is 0.318. The third kappa shape index (κ3) is 4.34. The number of nitrogens with zero attached hydrogens (tertiary/aromatic N) is 4. The van der Waals surface area contributed by atoms with Crippen molar-refractivity contribution in [3.8, 4) is 28.6 Å². The van der Waals surface area contributed by atoms with Gasteiger partial charge in [0, 0.05) is 17.2 Å². The summed E-state index contributed by atoms with van der Waals surface area (Å²) in [6, 6.07) is 5.78. The van der Waals surface area contributed by atoms with Crippen LogP contribution in [-0.2, 0) is 20.0 Å². The molecule has 1 aromatic carbocycles. The molecule has 0 unspecified atom stereocenters. The molecule has 0 aliphatic carbocycles. The Hall–Kier alpha value is -3.87. The molecule has 0 spiro atoms. The number of primary amides is 1. The highest BCUT2D eigenvalue weighted by atomic mass is 32.2. The van der Waals surface area contributed by atoms with Gasteiger partial charge < -0.3 is 19.7 Å². The minimum absolute atomic E-state index is 0.0400. The number of benzene rings is 1. The molecular weight excluding hydrogens is 479 g/mol. The standard InChI is InChI=1S/C22H23FN6O5S/c1-21(2)19(33-20(24)30)28-22(3,11-35(21,25)31)13-7-12(5-6-14(13)23)17-8-15(29-34-17)16-9-27-18(32-4)10-26-16/h5-10,25H,11H2,1-4H3,(H2,24,30)/t22-,35-/m0/s1. The van der Waals surface area contributed by atoms with Crippen LogP contribution in [0.4, 0.5) is 9.18 Å². The summed E-state index contributed by atoms with van der Waals surface area (Å²) in [5, 5.41) is 4.00. The lowest BCUT2D eigenvalue weighted by molar-refractivity contribution is 0.204. The van der Waals surface area contributed by atoms with Gasteiger partial charge in [-0.15, -0.1) is 0 Å². The molecule has 1 amide bonds. The molecule has 184 valence electrons. The molecule has 2 aromatic heterocycles. The molecule has 3 N–H and O–H groups in total. The number of carbonyl (C=O) groups excluding carboxylic acids is 1. The summed E-state index contributed by atoms with van der Waals surface area (Å²) in [7, 11) is -1.96. The van der Waals surface area contributed by atoms with E-state index in [0.29, 0.717) is 28.6 Å². The molecule has 2 atom stereocenters. The fourth-order valence-corrected chi connectivity index (χ4v) is 5.41. The maximum absolute atomic E-state index is 15.1. The van der Waals surface area contributed by atoms with Gasteiger partial charge in [-0.3, -0.25) is 4.78 Å². The zero-order chi connectivity index (χ0) is 25.6. The zero-order valence-corrected chi connectivity index (χ0v) is 20.2. The fourth-order valence-electron chi connectivity index (χ4n) is 3.66. The van der Waals surface area contributed by atoms with Gasteiger partial charge in [-0.25, -0.2) is 28.4 Å². The average Bonchev–Trinajstić information content (AvgIpc) is 3.27. The van der Waals surface area contributed by atoms with Gasteiger partial charge in [-0.2, -0.15) is 0 Å². The smallest absolute Gasteiger partial charge is 0.411 e. The molecule has 35 heavy (non-hydrogen) atoms. The van der Waals surface area contributed by atoms with E-state index in [4.69, 9.17) is 24.5 Å². The Bertz CT molecular complexity index is 1430. The van der Waals surface area contributed by atoms with Crippen LogP contribution in [0.3, 0.4) is 0 Å². The predicted octanol–water partition coefficient (Wildman–Crippen LogP) is 3.49. The van der Waals surface area contributed by atoms with E-state index in [-0.39, 0.29) is 17.2 Å². The average molecular weight is 503 g/mol. The maximum Gasteiger partial charge on any atom is 0.411 e. The summed E-state index contributed by atoms with van der Waals surface area (Å²) in [6.45, 7) is 4.45. The monoisotopic (exact) mass is 502 g/mol. The second-order valence-electron chi connectivity index (χ2n) is 8.66. The van der Waals surface area contributed by atoms with Crippen molar-refractivity contribution < 1.29 is 27.4 Å². The number of rotatable bonds is 4. The second-order valence-corrected chi connectivity index (χ2v) is 11.3. The van der Waals surface area contributed by atoms with Gasteiger partial charge in [0.05, 0.1) is 35.0 Å². The Balaban J connectivity index is 1.77. The van der Waals surface area contributed by atoms with E-state index in [9.17, 15) is 9.00 Å². The molecule has 3 heterocycles. The summed E-state index contributed by atoms with van der Waals surface area (Å²) in [5.41, 5.74) is 5.00. The summed E-state index contributed by atoms with van der Waals surface area (Å²) >= 11 is 0. The van der Waals surface area contributed by atoms with Crippen LogP contribution in [0.25, 0.3) is 22.7 Å². The molecular formula is C22H23FN6O5S. The number of carbonyl (C=O) groups is 1. The minimum Gasteiger partial charge on any atom is -0.480 e. The zero-order valence-electron chi connectivity index (χ0n) is 19.4. The molecule has 0 radical (unpaired) electrons. The van der Waals surface area contributed by atoms with Crippen LogP contribution in [0.5, 0.6) is 5.88 Å². The SMILES string of the molecule is COc1cnc(-c2cc(-c3ccc(F)c([C@]4(C)C[S@](=N)(=O)C(C)(C)C(OC(N)=O)=N4)c3)on2)cn1. The van der Waals surface area contributed by atoms with Crippen molar-refractivity contribution in [1.82, 2.24) is 15.1 Å². The molecule has 4 rings (SSSR count). The van der Waals surface area contributed by atoms with Gasteiger partial charge in [0.2, 0.25) is 11.8 Å². The molecule has 0 saturated heterocycles. The van der Waals surface area contributed by atoms with Crippen LogP contribution in [-0.4, -0.2) is 48.9 Å². The van der Waals surface area contributed by atoms with Gasteiger partial charge in [0.1, 0.15) is 27.5 Å². The molecule has 11 nitrogen and oxygen atoms in total. The molecule has 13 heteroatoms. The van der Waals surface area contributed by atoms with Gasteiger partial charge in [0.15, 0.2) is 5.76 Å². The molecule has 3 aromatic rings. The minimum atomic E-state index is -3.43. The van der Waals surface area contributed by atoms with Gasteiger partial charge >= 0.3 is 6.09 Å². The van der Waals surface area contributed by atoms with Crippen LogP contribution in [0.2, 0.25) is 0 Å². The van der Waals surface area contributed by atoms with E-state index in [0.717, 1.165) is 0 Å². The number of ether oxygens (including phenoxy) is 2. The van der Waals surface area contributed by atoms with Crippen LogP contribution in [0.1, 0.15) is 26.3 Å². The number of nitrogens with one attached hydrogen (secondary N) is 1. The number of aromatic nitrogens is 3. The Kier molecular flexibility index (Phi) is 5.83. The number of aliphatic imine (C=N–C) groups is 1. The molecule has 1 aliphatic heterocycles. The summed E-state index contributed by atoms with van der Waals surface area (Å²) in [6.07, 6.45) is 1.75. The Morgan fingerprint density at radius 2 is 1.94 bits per heavy atom. The Labute approximate surface area is 200 Å². The summed E-state index contributed by atoms with van der Waals surface area (Å²) in [5.74, 6) is -0.585. The van der Waals surface area contributed by atoms with Crippen molar-refractivity contribution in [3.63, 3.8) is 0 Å². The second kappa shape index (κ2) is 8.41. The molecule has 1 aliphatic rings. The Morgan fingerprint density at radius 1 is 1.20 bits per heavy atom. The first-order chi connectivity index (χ1) is 16.4. The number of halogens is 1. The van der Waals surface area contributed by atoms with Crippen molar-refractivity contribution in [3.05, 3.63) is 48.0 Å². The molecule has 0 fully saturated rings. The van der Waals surface area contributed by atoms with E-state index in [1.54, 1.807) is 6.07 Å². The first-order valence-electron chi connectivity index (χ1n) is 10.3. The first kappa shape index (κ1) is 24.3. The van der Waals surface area contributed by atoms with Gasteiger partial charge in [-0.1, -0.05) is 5.16 Å². The lowest BCUT2D eigenvalue weighted by Crippen LogP contribution is -2.53. The van der Waals surface area contributed by atoms with E-state index in [1.807, 2.05) is 0 Å². The van der Waals surface area contributed by atoms with E-state index in [2.05, 4.69) is 20.1 Å². The largest absolute Gasteiger partial charge is 0.480 e. The highest BCUT2D eigenvalue weighted by Crippen LogP contribution is 2.40. The normalized spacial score (nSPS) is 23.4. The lowest BCUT2D eigenvalue weighted by atomic mass is 9.91. The van der Waals surface area contributed by atoms with Crippen LogP contribution in [0, 0.1) is 10.6 Å². The number of nitrogens with two attached hydrogens (primary N) is 1. The van der Waals surface area contributed by atoms with Gasteiger partial charge in [-0.05, 0) is 39.0 Å². The van der Waals surface area contributed by atoms with Crippen LogP contribution in [0.15, 0.2) is 46.2 Å². The van der Waals surface area contributed by atoms with E-state index < -0.39 is 31.9 Å². The highest BCUT2D eigenvalue weighted by molar-refractivity contribution is 7.94. The van der Waals surface area contributed by atoms with Crippen molar-refractivity contribution in [2.24, 2.45) is 10.7 Å². The number of amides is 1. The van der Waals surface area contributed by atoms with Crippen molar-refractivity contribution in [2.75, 3.05) is 12.9 Å². The Morgan fingerprint density at radius 3 is 2.57 bits per heavy atom. The van der Waals surface area contributed by atoms with Crippen LogP contribution < -0.4 is 10.5 Å². The van der Waals surface area contributed by atoms with Crippen molar-refractivity contribution in [2.45, 2.75) is 31.1 Å². The number of methoxy groups -OCH3 is 1. The molecule has 0 saturated carbocycles. The first-order valence-corrected chi connectivity index (χ1v) is 12.1. The summed E-state index contributed by atoms with van der Waals surface area (Å²) < 4.78 is 50.8. The maximum atomic E-state index is 15.1. The van der Waals surface area contributed by atoms with Crippen molar-refractivity contribution in [1.29, 1.82) is 4.78 Å². The lowest BCUT2D eigenvalue weighted by Gasteiger charge is -2.39. The predicted molar refractivity (Wildman–Crippen MR) is 125 cm³/mol. The quantitative estimate of drug-likeness (QED) is 0.547. The van der Waals surface area contributed by atoms with Crippen LogP contribution >= 0.6 is 0 Å². The topological polar surface area (TPSA) is 167 Å². The van der Waals surface area contributed by atoms with E-state index in [1.165, 1.54) is 58.5 Å². The number of hydrogen-bond acceptors (Lipinski definition) is 10. The molecule has 0 bridgehead atoms. The van der Waals surface area contributed by atoms with Gasteiger partial charge in [0.25, 0.3) is 0 Å². The number of hydrogen-bond donors (Lipinski definition) is 2.